The molecule has 0 aromatic heterocycles. The molecule has 0 bridgehead atoms. The molecule has 2 fully saturated rings. The van der Waals surface area contributed by atoms with Crippen molar-refractivity contribution in [1.29, 1.82) is 0 Å². The van der Waals surface area contributed by atoms with Crippen LogP contribution in [0.4, 0.5) is 0 Å². The maximum absolute atomic E-state index is 3.71. The molecule has 0 spiro atoms. The van der Waals surface area contributed by atoms with Crippen molar-refractivity contribution in [3.8, 4) is 0 Å². The fraction of sp³-hybridized carbons (Fsp3) is 0.667. The summed E-state index contributed by atoms with van der Waals surface area (Å²) in [5.74, 6) is 1.85. The van der Waals surface area contributed by atoms with Crippen molar-refractivity contribution in [3.63, 3.8) is 0 Å². The molecule has 2 aliphatic rings. The molecule has 1 heterocycles. The Kier molecular flexibility index (Phi) is 4.42. The molecule has 20 heavy (non-hydrogen) atoms. The van der Waals surface area contributed by atoms with Crippen LogP contribution in [0.1, 0.15) is 44.7 Å². The second kappa shape index (κ2) is 6.28. The van der Waals surface area contributed by atoms with Crippen molar-refractivity contribution >= 4 is 0 Å². The molecule has 1 aromatic rings. The van der Waals surface area contributed by atoms with Crippen molar-refractivity contribution in [3.05, 3.63) is 35.9 Å². The second-order valence-electron chi connectivity index (χ2n) is 6.84. The van der Waals surface area contributed by atoms with Crippen LogP contribution in [-0.4, -0.2) is 30.6 Å². The molecule has 2 nitrogen and oxygen atoms in total. The van der Waals surface area contributed by atoms with E-state index in [1.807, 2.05) is 0 Å². The number of hydrogen-bond donors (Lipinski definition) is 1. The molecule has 1 aromatic carbocycles. The number of nitrogens with one attached hydrogen (secondary N) is 1. The van der Waals surface area contributed by atoms with Gasteiger partial charge < -0.3 is 5.32 Å². The zero-order valence-corrected chi connectivity index (χ0v) is 12.9. The fourth-order valence-corrected chi connectivity index (χ4v) is 3.88. The van der Waals surface area contributed by atoms with Crippen molar-refractivity contribution in [1.82, 2.24) is 10.2 Å². The lowest BCUT2D eigenvalue weighted by Gasteiger charge is -2.40. The van der Waals surface area contributed by atoms with E-state index in [2.05, 4.69) is 54.4 Å². The highest BCUT2D eigenvalue weighted by Gasteiger charge is 2.31. The molecule has 1 N–H and O–H groups in total. The predicted octanol–water partition coefficient (Wildman–Crippen LogP) is 3.46. The van der Waals surface area contributed by atoms with E-state index >= 15 is 0 Å². The quantitative estimate of drug-likeness (QED) is 0.906. The van der Waals surface area contributed by atoms with Gasteiger partial charge in [-0.15, -0.1) is 0 Å². The van der Waals surface area contributed by atoms with Gasteiger partial charge in [-0.05, 0) is 30.7 Å². The minimum atomic E-state index is 0.504. The zero-order valence-electron chi connectivity index (χ0n) is 12.9. The van der Waals surface area contributed by atoms with Crippen LogP contribution in [-0.2, 0) is 0 Å². The van der Waals surface area contributed by atoms with Crippen LogP contribution in [0.15, 0.2) is 30.3 Å². The minimum absolute atomic E-state index is 0.504. The Balaban J connectivity index is 1.64. The monoisotopic (exact) mass is 272 g/mol. The standard InChI is InChI=1S/C18H28N2/c1-14-7-6-10-17(14)12-20-13-18(19-11-15(20)2)16-8-4-3-5-9-16/h3-5,8-9,14-15,17-19H,6-7,10-13H2,1-2H3. The highest BCUT2D eigenvalue weighted by Crippen LogP contribution is 2.33. The highest BCUT2D eigenvalue weighted by atomic mass is 15.2. The SMILES string of the molecule is CC1CCCC1CN1CC(c2ccccc2)NCC1C. The Morgan fingerprint density at radius 3 is 2.65 bits per heavy atom. The topological polar surface area (TPSA) is 15.3 Å². The number of nitrogens with zero attached hydrogens (tertiary/aromatic N) is 1. The number of piperazine rings is 1. The van der Waals surface area contributed by atoms with E-state index in [-0.39, 0.29) is 0 Å². The molecule has 110 valence electrons. The summed E-state index contributed by atoms with van der Waals surface area (Å²) in [6, 6.07) is 12.1. The largest absolute Gasteiger partial charge is 0.307 e. The van der Waals surface area contributed by atoms with Crippen LogP contribution < -0.4 is 5.32 Å². The molecule has 4 atom stereocenters. The Bertz CT molecular complexity index is 417. The Morgan fingerprint density at radius 2 is 1.95 bits per heavy atom. The van der Waals surface area contributed by atoms with Gasteiger partial charge >= 0.3 is 0 Å². The molecule has 1 saturated heterocycles. The van der Waals surface area contributed by atoms with Crippen molar-refractivity contribution in [2.75, 3.05) is 19.6 Å². The van der Waals surface area contributed by atoms with Gasteiger partial charge in [-0.3, -0.25) is 4.90 Å². The summed E-state index contributed by atoms with van der Waals surface area (Å²) in [6.45, 7) is 8.38. The zero-order chi connectivity index (χ0) is 13.9. The first-order valence-corrected chi connectivity index (χ1v) is 8.26. The molecular weight excluding hydrogens is 244 g/mol. The van der Waals surface area contributed by atoms with Crippen LogP contribution >= 0.6 is 0 Å². The predicted molar refractivity (Wildman–Crippen MR) is 84.7 cm³/mol. The van der Waals surface area contributed by atoms with Crippen molar-refractivity contribution < 1.29 is 0 Å². The molecule has 0 radical (unpaired) electrons. The van der Waals surface area contributed by atoms with E-state index in [1.54, 1.807) is 0 Å². The summed E-state index contributed by atoms with van der Waals surface area (Å²) in [4.78, 5) is 2.72. The van der Waals surface area contributed by atoms with Crippen molar-refractivity contribution in [2.24, 2.45) is 11.8 Å². The average Bonchev–Trinajstić information content (AvgIpc) is 2.88. The lowest BCUT2D eigenvalue weighted by molar-refractivity contribution is 0.111. The van der Waals surface area contributed by atoms with Gasteiger partial charge in [-0.1, -0.05) is 50.1 Å². The summed E-state index contributed by atoms with van der Waals surface area (Å²) in [5.41, 5.74) is 1.43. The minimum Gasteiger partial charge on any atom is -0.307 e. The van der Waals surface area contributed by atoms with Crippen LogP contribution in [0.3, 0.4) is 0 Å². The van der Waals surface area contributed by atoms with Gasteiger partial charge in [0.25, 0.3) is 0 Å². The summed E-state index contributed by atoms with van der Waals surface area (Å²) >= 11 is 0. The van der Waals surface area contributed by atoms with Gasteiger partial charge in [0.1, 0.15) is 0 Å². The third-order valence-electron chi connectivity index (χ3n) is 5.41. The number of rotatable bonds is 3. The molecule has 3 rings (SSSR count). The van der Waals surface area contributed by atoms with Gasteiger partial charge in [0.2, 0.25) is 0 Å². The molecule has 0 amide bonds. The van der Waals surface area contributed by atoms with Gasteiger partial charge in [0.05, 0.1) is 0 Å². The van der Waals surface area contributed by atoms with Crippen LogP contribution in [0, 0.1) is 11.8 Å². The molecule has 4 unspecified atom stereocenters. The molecule has 1 aliphatic heterocycles. The van der Waals surface area contributed by atoms with Crippen molar-refractivity contribution in [2.45, 2.75) is 45.2 Å². The van der Waals surface area contributed by atoms with Crippen LogP contribution in [0.2, 0.25) is 0 Å². The van der Waals surface area contributed by atoms with E-state index in [1.165, 1.54) is 31.4 Å². The number of benzene rings is 1. The average molecular weight is 272 g/mol. The van der Waals surface area contributed by atoms with E-state index in [4.69, 9.17) is 0 Å². The first kappa shape index (κ1) is 14.1. The lowest BCUT2D eigenvalue weighted by atomic mass is 9.95. The third kappa shape index (κ3) is 3.07. The molecule has 1 aliphatic carbocycles. The lowest BCUT2D eigenvalue weighted by Crippen LogP contribution is -2.52. The van der Waals surface area contributed by atoms with Gasteiger partial charge in [0, 0.05) is 31.7 Å². The first-order chi connectivity index (χ1) is 9.74. The Hall–Kier alpha value is -0.860. The van der Waals surface area contributed by atoms with Crippen LogP contribution in [0.5, 0.6) is 0 Å². The van der Waals surface area contributed by atoms with Gasteiger partial charge in [-0.25, -0.2) is 0 Å². The molecular formula is C18H28N2. The number of hydrogen-bond acceptors (Lipinski definition) is 2. The van der Waals surface area contributed by atoms with E-state index in [9.17, 15) is 0 Å². The smallest absolute Gasteiger partial charge is 0.0449 e. The summed E-state index contributed by atoms with van der Waals surface area (Å²) < 4.78 is 0. The first-order valence-electron chi connectivity index (χ1n) is 8.26. The Morgan fingerprint density at radius 1 is 1.15 bits per heavy atom. The van der Waals surface area contributed by atoms with Gasteiger partial charge in [0.15, 0.2) is 0 Å². The van der Waals surface area contributed by atoms with E-state index in [0.29, 0.717) is 12.1 Å². The maximum atomic E-state index is 3.71. The normalized spacial score (nSPS) is 35.3. The maximum Gasteiger partial charge on any atom is 0.0449 e. The fourth-order valence-electron chi connectivity index (χ4n) is 3.88. The molecule has 2 heteroatoms. The second-order valence-corrected chi connectivity index (χ2v) is 6.84. The summed E-state index contributed by atoms with van der Waals surface area (Å²) in [7, 11) is 0. The van der Waals surface area contributed by atoms with Crippen LogP contribution in [0.25, 0.3) is 0 Å². The Labute approximate surface area is 123 Å². The summed E-state index contributed by atoms with van der Waals surface area (Å²) in [5, 5.41) is 3.71. The van der Waals surface area contributed by atoms with E-state index in [0.717, 1.165) is 24.9 Å². The highest BCUT2D eigenvalue weighted by molar-refractivity contribution is 5.20. The molecule has 1 saturated carbocycles. The third-order valence-corrected chi connectivity index (χ3v) is 5.41. The van der Waals surface area contributed by atoms with E-state index < -0.39 is 0 Å². The van der Waals surface area contributed by atoms with Gasteiger partial charge in [-0.2, -0.15) is 0 Å². The summed E-state index contributed by atoms with van der Waals surface area (Å²) in [6.07, 6.45) is 4.31.